The molecule has 5 heteroatoms. The summed E-state index contributed by atoms with van der Waals surface area (Å²) in [5, 5.41) is 0. The van der Waals surface area contributed by atoms with Gasteiger partial charge in [-0.2, -0.15) is 4.98 Å². The Morgan fingerprint density at radius 1 is 1.16 bits per heavy atom. The predicted molar refractivity (Wildman–Crippen MR) is 79.5 cm³/mol. The Hall–Kier alpha value is -1.52. The average molecular weight is 266 g/mol. The van der Waals surface area contributed by atoms with Crippen molar-refractivity contribution in [1.29, 1.82) is 0 Å². The van der Waals surface area contributed by atoms with Crippen LogP contribution in [0.2, 0.25) is 0 Å². The van der Waals surface area contributed by atoms with E-state index < -0.39 is 0 Å². The molecule has 0 saturated heterocycles. The summed E-state index contributed by atoms with van der Waals surface area (Å²) in [7, 11) is 0. The van der Waals surface area contributed by atoms with Crippen LogP contribution in [0.5, 0.6) is 5.88 Å². The largest absolute Gasteiger partial charge is 0.476 e. The summed E-state index contributed by atoms with van der Waals surface area (Å²) in [6.07, 6.45) is 1.52. The Morgan fingerprint density at radius 3 is 2.21 bits per heavy atom. The van der Waals surface area contributed by atoms with Gasteiger partial charge < -0.3 is 15.4 Å². The fourth-order valence-corrected chi connectivity index (χ4v) is 2.00. The number of nitrogen functional groups attached to an aromatic ring is 1. The molecule has 19 heavy (non-hydrogen) atoms. The van der Waals surface area contributed by atoms with Crippen molar-refractivity contribution in [3.63, 3.8) is 0 Å². The lowest BCUT2D eigenvalue weighted by atomic mass is 10.1. The van der Waals surface area contributed by atoms with Gasteiger partial charge in [0.2, 0.25) is 5.88 Å². The molecule has 0 aromatic carbocycles. The summed E-state index contributed by atoms with van der Waals surface area (Å²) in [5.41, 5.74) is 6.66. The maximum atomic E-state index is 6.13. The van der Waals surface area contributed by atoms with Crippen molar-refractivity contribution < 1.29 is 4.74 Å². The SMILES string of the molecule is CCOc1ncnc(N(CC(C)C)CC(C)C)c1N. The van der Waals surface area contributed by atoms with Gasteiger partial charge in [-0.15, -0.1) is 0 Å². The molecule has 0 aliphatic heterocycles. The highest BCUT2D eigenvalue weighted by Gasteiger charge is 2.17. The highest BCUT2D eigenvalue weighted by molar-refractivity contribution is 5.67. The lowest BCUT2D eigenvalue weighted by Gasteiger charge is -2.28. The molecule has 0 saturated carbocycles. The second-order valence-corrected chi connectivity index (χ2v) is 5.54. The van der Waals surface area contributed by atoms with Gasteiger partial charge in [0.25, 0.3) is 0 Å². The van der Waals surface area contributed by atoms with E-state index in [0.29, 0.717) is 30.0 Å². The Kier molecular flexibility index (Phi) is 5.86. The number of hydrogen-bond acceptors (Lipinski definition) is 5. The maximum Gasteiger partial charge on any atom is 0.242 e. The number of rotatable bonds is 7. The summed E-state index contributed by atoms with van der Waals surface area (Å²) in [4.78, 5) is 10.6. The predicted octanol–water partition coefficient (Wildman–Crippen LogP) is 2.58. The first-order valence-corrected chi connectivity index (χ1v) is 6.93. The van der Waals surface area contributed by atoms with Gasteiger partial charge in [-0.3, -0.25) is 0 Å². The van der Waals surface area contributed by atoms with Crippen LogP contribution in [-0.2, 0) is 0 Å². The van der Waals surface area contributed by atoms with Crippen molar-refractivity contribution in [2.75, 3.05) is 30.3 Å². The van der Waals surface area contributed by atoms with Crippen molar-refractivity contribution in [2.24, 2.45) is 11.8 Å². The molecule has 1 heterocycles. The van der Waals surface area contributed by atoms with Crippen LogP contribution in [0.4, 0.5) is 11.5 Å². The van der Waals surface area contributed by atoms with Crippen molar-refractivity contribution in [2.45, 2.75) is 34.6 Å². The molecule has 0 spiro atoms. The zero-order chi connectivity index (χ0) is 14.4. The van der Waals surface area contributed by atoms with E-state index in [1.54, 1.807) is 0 Å². The normalized spacial score (nSPS) is 11.1. The van der Waals surface area contributed by atoms with E-state index in [9.17, 15) is 0 Å². The molecule has 0 fully saturated rings. The first-order chi connectivity index (χ1) is 8.95. The molecule has 1 aromatic rings. The summed E-state index contributed by atoms with van der Waals surface area (Å²) < 4.78 is 5.43. The number of nitrogens with zero attached hydrogens (tertiary/aromatic N) is 3. The van der Waals surface area contributed by atoms with E-state index >= 15 is 0 Å². The number of nitrogens with two attached hydrogens (primary N) is 1. The standard InChI is InChI=1S/C14H26N4O/c1-6-19-14-12(15)13(16-9-17-14)18(7-10(2)3)8-11(4)5/h9-11H,6-8,15H2,1-5H3. The molecule has 1 rings (SSSR count). The zero-order valence-corrected chi connectivity index (χ0v) is 12.7. The van der Waals surface area contributed by atoms with Gasteiger partial charge in [0.15, 0.2) is 5.82 Å². The smallest absolute Gasteiger partial charge is 0.242 e. The Morgan fingerprint density at radius 2 is 1.74 bits per heavy atom. The second kappa shape index (κ2) is 7.16. The van der Waals surface area contributed by atoms with Crippen molar-refractivity contribution >= 4 is 11.5 Å². The molecule has 0 radical (unpaired) electrons. The minimum atomic E-state index is 0.477. The molecule has 1 aromatic heterocycles. The van der Waals surface area contributed by atoms with Crippen molar-refractivity contribution in [3.8, 4) is 5.88 Å². The Bertz CT molecular complexity index is 383. The minimum absolute atomic E-state index is 0.477. The topological polar surface area (TPSA) is 64.3 Å². The van der Waals surface area contributed by atoms with Gasteiger partial charge in [0.05, 0.1) is 6.61 Å². The number of ether oxygens (including phenoxy) is 1. The van der Waals surface area contributed by atoms with Crippen LogP contribution in [0.1, 0.15) is 34.6 Å². The van der Waals surface area contributed by atoms with Crippen LogP contribution >= 0.6 is 0 Å². The van der Waals surface area contributed by atoms with E-state index in [2.05, 4.69) is 42.6 Å². The summed E-state index contributed by atoms with van der Waals surface area (Å²) in [6.45, 7) is 13.1. The molecular formula is C14H26N4O. The monoisotopic (exact) mass is 266 g/mol. The second-order valence-electron chi connectivity index (χ2n) is 5.54. The quantitative estimate of drug-likeness (QED) is 0.821. The van der Waals surface area contributed by atoms with E-state index in [1.807, 2.05) is 6.92 Å². The van der Waals surface area contributed by atoms with E-state index in [-0.39, 0.29) is 0 Å². The molecule has 0 aliphatic rings. The van der Waals surface area contributed by atoms with Crippen LogP contribution in [0.3, 0.4) is 0 Å². The van der Waals surface area contributed by atoms with E-state index in [1.165, 1.54) is 6.33 Å². The van der Waals surface area contributed by atoms with Crippen LogP contribution in [0.25, 0.3) is 0 Å². The fourth-order valence-electron chi connectivity index (χ4n) is 2.00. The van der Waals surface area contributed by atoms with Crippen molar-refractivity contribution in [1.82, 2.24) is 9.97 Å². The zero-order valence-electron chi connectivity index (χ0n) is 12.7. The van der Waals surface area contributed by atoms with E-state index in [0.717, 1.165) is 18.9 Å². The lowest BCUT2D eigenvalue weighted by Crippen LogP contribution is -2.32. The van der Waals surface area contributed by atoms with Crippen LogP contribution in [0, 0.1) is 11.8 Å². The first kappa shape index (κ1) is 15.5. The molecule has 0 bridgehead atoms. The molecule has 2 N–H and O–H groups in total. The highest BCUT2D eigenvalue weighted by Crippen LogP contribution is 2.28. The fraction of sp³-hybridized carbons (Fsp3) is 0.714. The first-order valence-electron chi connectivity index (χ1n) is 6.93. The molecular weight excluding hydrogens is 240 g/mol. The number of aromatic nitrogens is 2. The molecule has 0 unspecified atom stereocenters. The van der Waals surface area contributed by atoms with Gasteiger partial charge in [0, 0.05) is 13.1 Å². The van der Waals surface area contributed by atoms with Crippen LogP contribution in [-0.4, -0.2) is 29.7 Å². The third-order valence-corrected chi connectivity index (χ3v) is 2.58. The van der Waals surface area contributed by atoms with Gasteiger partial charge in [-0.1, -0.05) is 27.7 Å². The molecule has 0 amide bonds. The van der Waals surface area contributed by atoms with Crippen molar-refractivity contribution in [3.05, 3.63) is 6.33 Å². The molecule has 5 nitrogen and oxygen atoms in total. The Balaban J connectivity index is 3.03. The lowest BCUT2D eigenvalue weighted by molar-refractivity contribution is 0.328. The molecule has 0 aliphatic carbocycles. The third kappa shape index (κ3) is 4.58. The van der Waals surface area contributed by atoms with Gasteiger partial charge in [-0.25, -0.2) is 4.98 Å². The van der Waals surface area contributed by atoms with Gasteiger partial charge >= 0.3 is 0 Å². The minimum Gasteiger partial charge on any atom is -0.476 e. The highest BCUT2D eigenvalue weighted by atomic mass is 16.5. The van der Waals surface area contributed by atoms with E-state index in [4.69, 9.17) is 10.5 Å². The maximum absolute atomic E-state index is 6.13. The number of anilines is 2. The average Bonchev–Trinajstić information content (AvgIpc) is 2.30. The van der Waals surface area contributed by atoms with Gasteiger partial charge in [-0.05, 0) is 18.8 Å². The molecule has 108 valence electrons. The Labute approximate surface area is 116 Å². The number of hydrogen-bond donors (Lipinski definition) is 1. The summed E-state index contributed by atoms with van der Waals surface area (Å²) >= 11 is 0. The van der Waals surface area contributed by atoms with Gasteiger partial charge in [0.1, 0.15) is 12.0 Å². The third-order valence-electron chi connectivity index (χ3n) is 2.58. The summed E-state index contributed by atoms with van der Waals surface area (Å²) in [5.74, 6) is 2.35. The summed E-state index contributed by atoms with van der Waals surface area (Å²) in [6, 6.07) is 0. The van der Waals surface area contributed by atoms with Crippen LogP contribution in [0.15, 0.2) is 6.33 Å². The van der Waals surface area contributed by atoms with Crippen LogP contribution < -0.4 is 15.4 Å². The molecule has 0 atom stereocenters.